The molecule has 20 heavy (non-hydrogen) atoms. The normalized spacial score (nSPS) is 24.1. The van der Waals surface area contributed by atoms with Crippen LogP contribution in [0.3, 0.4) is 0 Å². The fraction of sp³-hybridized carbons (Fsp3) is 0.667. The van der Waals surface area contributed by atoms with Gasteiger partial charge in [-0.05, 0) is 33.3 Å². The molecule has 0 bridgehead atoms. The number of likely N-dealkylation sites (tertiary alicyclic amines) is 1. The number of ether oxygens (including phenoxy) is 1. The molecule has 0 aromatic carbocycles. The lowest BCUT2D eigenvalue weighted by Gasteiger charge is -2.47. The Morgan fingerprint density at radius 1 is 1.55 bits per heavy atom. The summed E-state index contributed by atoms with van der Waals surface area (Å²) in [6.45, 7) is 8.22. The lowest BCUT2D eigenvalue weighted by molar-refractivity contribution is 0.0358. The maximum atomic E-state index is 12.4. The first-order valence-electron chi connectivity index (χ1n) is 7.15. The summed E-state index contributed by atoms with van der Waals surface area (Å²) in [5.74, 6) is 2.68. The van der Waals surface area contributed by atoms with Crippen molar-refractivity contribution in [2.75, 3.05) is 25.4 Å². The van der Waals surface area contributed by atoms with Gasteiger partial charge in [-0.3, -0.25) is 4.79 Å². The van der Waals surface area contributed by atoms with E-state index in [2.05, 4.69) is 0 Å². The molecule has 2 aliphatic rings. The van der Waals surface area contributed by atoms with E-state index in [1.165, 1.54) is 0 Å². The fourth-order valence-corrected chi connectivity index (χ4v) is 4.72. The molecule has 3 rings (SSSR count). The summed E-state index contributed by atoms with van der Waals surface area (Å²) in [5.41, 5.74) is 0.710. The molecule has 0 N–H and O–H groups in total. The number of amides is 1. The van der Waals surface area contributed by atoms with E-state index >= 15 is 0 Å². The van der Waals surface area contributed by atoms with Crippen LogP contribution in [0, 0.1) is 13.8 Å². The zero-order valence-corrected chi connectivity index (χ0v) is 13.1. The summed E-state index contributed by atoms with van der Waals surface area (Å²) in [7, 11) is 0. The standard InChI is InChI=1S/C15H21NO3S/c1-4-18-12-6-15(20-7-12)8-16(9-15)14(17)13-5-10(2)19-11(13)3/h5,12H,4,6-9H2,1-3H3. The van der Waals surface area contributed by atoms with E-state index in [9.17, 15) is 4.79 Å². The lowest BCUT2D eigenvalue weighted by Crippen LogP contribution is -2.60. The van der Waals surface area contributed by atoms with Gasteiger partial charge in [0, 0.05) is 25.4 Å². The molecule has 1 unspecified atom stereocenters. The van der Waals surface area contributed by atoms with Crippen molar-refractivity contribution in [3.8, 4) is 0 Å². The average molecular weight is 295 g/mol. The number of carbonyl (C=O) groups is 1. The van der Waals surface area contributed by atoms with Gasteiger partial charge in [-0.1, -0.05) is 0 Å². The molecule has 1 atom stereocenters. The van der Waals surface area contributed by atoms with Gasteiger partial charge in [-0.15, -0.1) is 11.8 Å². The summed E-state index contributed by atoms with van der Waals surface area (Å²) >= 11 is 1.96. The molecule has 0 saturated carbocycles. The zero-order valence-electron chi connectivity index (χ0n) is 12.3. The first-order chi connectivity index (χ1) is 9.53. The second kappa shape index (κ2) is 5.11. The van der Waals surface area contributed by atoms with Gasteiger partial charge in [0.2, 0.25) is 0 Å². The molecule has 5 heteroatoms. The molecule has 4 nitrogen and oxygen atoms in total. The number of hydrogen-bond acceptors (Lipinski definition) is 4. The molecule has 110 valence electrons. The summed E-state index contributed by atoms with van der Waals surface area (Å²) in [4.78, 5) is 14.4. The number of rotatable bonds is 3. The predicted molar refractivity (Wildman–Crippen MR) is 79.3 cm³/mol. The van der Waals surface area contributed by atoms with Crippen LogP contribution in [0.4, 0.5) is 0 Å². The third-order valence-corrected chi connectivity index (χ3v) is 5.67. The van der Waals surface area contributed by atoms with E-state index in [0.717, 1.165) is 43.4 Å². The van der Waals surface area contributed by atoms with Crippen molar-refractivity contribution in [3.63, 3.8) is 0 Å². The zero-order chi connectivity index (χ0) is 14.3. The number of aryl methyl sites for hydroxylation is 2. The molecule has 2 aliphatic heterocycles. The van der Waals surface area contributed by atoms with Crippen LogP contribution in [0.15, 0.2) is 10.5 Å². The van der Waals surface area contributed by atoms with Crippen LogP contribution in [0.5, 0.6) is 0 Å². The van der Waals surface area contributed by atoms with Crippen LogP contribution in [0.1, 0.15) is 35.2 Å². The Labute approximate surface area is 123 Å². The minimum Gasteiger partial charge on any atom is -0.466 e. The van der Waals surface area contributed by atoms with Gasteiger partial charge in [-0.25, -0.2) is 0 Å². The third kappa shape index (κ3) is 2.37. The van der Waals surface area contributed by atoms with Crippen molar-refractivity contribution in [3.05, 3.63) is 23.2 Å². The summed E-state index contributed by atoms with van der Waals surface area (Å²) in [6.07, 6.45) is 1.43. The SMILES string of the molecule is CCOC1CSC2(C1)CN(C(=O)c1cc(C)oc1C)C2. The van der Waals surface area contributed by atoms with E-state index in [0.29, 0.717) is 11.7 Å². The van der Waals surface area contributed by atoms with Gasteiger partial charge >= 0.3 is 0 Å². The molecule has 1 aromatic heterocycles. The van der Waals surface area contributed by atoms with Crippen LogP contribution in [0.25, 0.3) is 0 Å². The van der Waals surface area contributed by atoms with Crippen LogP contribution >= 0.6 is 11.8 Å². The van der Waals surface area contributed by atoms with Crippen LogP contribution < -0.4 is 0 Å². The molecule has 0 aliphatic carbocycles. The Morgan fingerprint density at radius 3 is 2.90 bits per heavy atom. The Morgan fingerprint density at radius 2 is 2.30 bits per heavy atom. The molecule has 1 amide bonds. The number of furan rings is 1. The molecular weight excluding hydrogens is 274 g/mol. The molecule has 1 spiro atoms. The van der Waals surface area contributed by atoms with Crippen molar-refractivity contribution in [1.29, 1.82) is 0 Å². The van der Waals surface area contributed by atoms with Gasteiger partial charge in [0.15, 0.2) is 0 Å². The first-order valence-corrected chi connectivity index (χ1v) is 8.13. The molecule has 1 aromatic rings. The Bertz CT molecular complexity index is 519. The summed E-state index contributed by atoms with van der Waals surface area (Å²) < 4.78 is 11.4. The Kier molecular flexibility index (Phi) is 3.58. The molecule has 2 fully saturated rings. The van der Waals surface area contributed by atoms with Crippen molar-refractivity contribution in [1.82, 2.24) is 4.90 Å². The molecule has 3 heterocycles. The first kappa shape index (κ1) is 14.0. The van der Waals surface area contributed by atoms with Gasteiger partial charge in [0.05, 0.1) is 16.4 Å². The largest absolute Gasteiger partial charge is 0.466 e. The van der Waals surface area contributed by atoms with E-state index in [1.807, 2.05) is 43.5 Å². The minimum absolute atomic E-state index is 0.102. The average Bonchev–Trinajstić information content (AvgIpc) is 2.91. The number of hydrogen-bond donors (Lipinski definition) is 0. The summed E-state index contributed by atoms with van der Waals surface area (Å²) in [6, 6.07) is 1.84. The monoisotopic (exact) mass is 295 g/mol. The van der Waals surface area contributed by atoms with Crippen molar-refractivity contribution in [2.24, 2.45) is 0 Å². The van der Waals surface area contributed by atoms with Gasteiger partial charge < -0.3 is 14.1 Å². The van der Waals surface area contributed by atoms with E-state index in [4.69, 9.17) is 9.15 Å². The van der Waals surface area contributed by atoms with Crippen LogP contribution in [-0.4, -0.2) is 47.1 Å². The number of nitrogens with zero attached hydrogens (tertiary/aromatic N) is 1. The second-order valence-corrected chi connectivity index (χ2v) is 7.25. The summed E-state index contributed by atoms with van der Waals surface area (Å²) in [5, 5.41) is 0. The highest BCUT2D eigenvalue weighted by molar-refractivity contribution is 8.01. The third-order valence-electron chi connectivity index (χ3n) is 4.09. The molecule has 2 saturated heterocycles. The van der Waals surface area contributed by atoms with Crippen molar-refractivity contribution >= 4 is 17.7 Å². The maximum absolute atomic E-state index is 12.4. The predicted octanol–water partition coefficient (Wildman–Crippen LogP) is 2.63. The minimum atomic E-state index is 0.102. The quantitative estimate of drug-likeness (QED) is 0.860. The van der Waals surface area contributed by atoms with Crippen LogP contribution in [0.2, 0.25) is 0 Å². The second-order valence-electron chi connectivity index (χ2n) is 5.76. The highest BCUT2D eigenvalue weighted by atomic mass is 32.2. The van der Waals surface area contributed by atoms with Gasteiger partial charge in [0.1, 0.15) is 11.5 Å². The van der Waals surface area contributed by atoms with Gasteiger partial charge in [0.25, 0.3) is 5.91 Å². The van der Waals surface area contributed by atoms with Crippen molar-refractivity contribution < 1.29 is 13.9 Å². The van der Waals surface area contributed by atoms with Gasteiger partial charge in [-0.2, -0.15) is 0 Å². The Balaban J connectivity index is 1.61. The Hall–Kier alpha value is -0.940. The van der Waals surface area contributed by atoms with Crippen LogP contribution in [-0.2, 0) is 4.74 Å². The highest BCUT2D eigenvalue weighted by Gasteiger charge is 2.51. The number of carbonyl (C=O) groups excluding carboxylic acids is 1. The number of thioether (sulfide) groups is 1. The smallest absolute Gasteiger partial charge is 0.257 e. The topological polar surface area (TPSA) is 42.7 Å². The van der Waals surface area contributed by atoms with E-state index < -0.39 is 0 Å². The molecular formula is C15H21NO3S. The fourth-order valence-electron chi connectivity index (χ4n) is 3.17. The lowest BCUT2D eigenvalue weighted by atomic mass is 9.92. The van der Waals surface area contributed by atoms with Crippen molar-refractivity contribution in [2.45, 2.75) is 38.0 Å². The molecule has 0 radical (unpaired) electrons. The van der Waals surface area contributed by atoms with E-state index in [1.54, 1.807) is 0 Å². The highest BCUT2D eigenvalue weighted by Crippen LogP contribution is 2.46. The van der Waals surface area contributed by atoms with E-state index in [-0.39, 0.29) is 10.7 Å². The maximum Gasteiger partial charge on any atom is 0.257 e.